The number of hydrogen-bond donors (Lipinski definition) is 1. The number of benzene rings is 1. The van der Waals surface area contributed by atoms with Gasteiger partial charge in [-0.1, -0.05) is 6.92 Å². The minimum atomic E-state index is 0.788. The normalized spacial score (nSPS) is 15.2. The van der Waals surface area contributed by atoms with E-state index in [1.54, 1.807) is 0 Å². The van der Waals surface area contributed by atoms with E-state index in [0.717, 1.165) is 55.2 Å². The van der Waals surface area contributed by atoms with Crippen molar-refractivity contribution >= 4 is 23.0 Å². The number of aromatic nitrogens is 2. The summed E-state index contributed by atoms with van der Waals surface area (Å²) in [6.45, 7) is 12.8. The van der Waals surface area contributed by atoms with E-state index < -0.39 is 0 Å². The van der Waals surface area contributed by atoms with Crippen molar-refractivity contribution < 1.29 is 0 Å². The fourth-order valence-corrected chi connectivity index (χ4v) is 3.50. The molecule has 1 aliphatic rings. The summed E-state index contributed by atoms with van der Waals surface area (Å²) >= 11 is 0. The average molecular weight is 354 g/mol. The Hall–Kier alpha value is -2.30. The Kier molecular flexibility index (Phi) is 5.96. The predicted molar refractivity (Wildman–Crippen MR) is 111 cm³/mol. The van der Waals surface area contributed by atoms with Gasteiger partial charge >= 0.3 is 0 Å². The fraction of sp³-hybridized carbons (Fsp3) is 0.524. The summed E-state index contributed by atoms with van der Waals surface area (Å²) in [5.74, 6) is 3.46. The van der Waals surface area contributed by atoms with Gasteiger partial charge in [-0.05, 0) is 63.8 Å². The van der Waals surface area contributed by atoms with E-state index in [0.29, 0.717) is 0 Å². The van der Waals surface area contributed by atoms with Crippen molar-refractivity contribution in [1.82, 2.24) is 9.97 Å². The molecule has 2 aromatic rings. The molecule has 1 fully saturated rings. The topological polar surface area (TPSA) is 44.3 Å². The molecule has 26 heavy (non-hydrogen) atoms. The van der Waals surface area contributed by atoms with Crippen LogP contribution in [0.25, 0.3) is 0 Å². The molecular weight excluding hydrogens is 322 g/mol. The van der Waals surface area contributed by atoms with Crippen LogP contribution in [0.15, 0.2) is 30.3 Å². The Morgan fingerprint density at radius 1 is 1.08 bits per heavy atom. The van der Waals surface area contributed by atoms with Crippen molar-refractivity contribution in [2.75, 3.05) is 41.3 Å². The second-order valence-electron chi connectivity index (χ2n) is 7.17. The highest BCUT2D eigenvalue weighted by Crippen LogP contribution is 2.26. The van der Waals surface area contributed by atoms with Crippen LogP contribution < -0.4 is 15.1 Å². The SMILES string of the molecule is CCN(CC)c1cc(Nc2ccc(N3CCC(C)CC3)cc2)nc(C)n1. The van der Waals surface area contributed by atoms with Gasteiger partial charge in [0.1, 0.15) is 17.5 Å². The molecule has 3 rings (SSSR count). The molecule has 0 atom stereocenters. The summed E-state index contributed by atoms with van der Waals surface area (Å²) < 4.78 is 0. The second-order valence-corrected chi connectivity index (χ2v) is 7.17. The third kappa shape index (κ3) is 4.45. The molecule has 0 bridgehead atoms. The average Bonchev–Trinajstić information content (AvgIpc) is 2.64. The number of nitrogens with zero attached hydrogens (tertiary/aromatic N) is 4. The summed E-state index contributed by atoms with van der Waals surface area (Å²) in [6, 6.07) is 10.7. The lowest BCUT2D eigenvalue weighted by molar-refractivity contribution is 0.438. The first-order valence-corrected chi connectivity index (χ1v) is 9.81. The molecule has 0 saturated carbocycles. The largest absolute Gasteiger partial charge is 0.372 e. The lowest BCUT2D eigenvalue weighted by atomic mass is 9.99. The van der Waals surface area contributed by atoms with Crippen LogP contribution in [0.1, 0.15) is 39.4 Å². The van der Waals surface area contributed by atoms with E-state index in [9.17, 15) is 0 Å². The number of hydrogen-bond acceptors (Lipinski definition) is 5. The predicted octanol–water partition coefficient (Wildman–Crippen LogP) is 4.61. The zero-order valence-electron chi connectivity index (χ0n) is 16.5. The van der Waals surface area contributed by atoms with E-state index in [1.165, 1.54) is 18.5 Å². The number of rotatable bonds is 6. The summed E-state index contributed by atoms with van der Waals surface area (Å²) in [5.41, 5.74) is 2.37. The van der Waals surface area contributed by atoms with Crippen LogP contribution in [0.5, 0.6) is 0 Å². The van der Waals surface area contributed by atoms with Crippen LogP contribution in [0.2, 0.25) is 0 Å². The molecule has 0 amide bonds. The van der Waals surface area contributed by atoms with Gasteiger partial charge < -0.3 is 15.1 Å². The van der Waals surface area contributed by atoms with Crippen molar-refractivity contribution in [3.8, 4) is 0 Å². The molecule has 1 aromatic heterocycles. The number of piperidine rings is 1. The molecule has 1 aliphatic heterocycles. The molecule has 0 spiro atoms. The first kappa shape index (κ1) is 18.5. The number of nitrogens with one attached hydrogen (secondary N) is 1. The molecule has 1 saturated heterocycles. The van der Waals surface area contributed by atoms with Crippen molar-refractivity contribution in [3.63, 3.8) is 0 Å². The molecule has 5 nitrogen and oxygen atoms in total. The maximum Gasteiger partial charge on any atom is 0.136 e. The minimum Gasteiger partial charge on any atom is -0.372 e. The Morgan fingerprint density at radius 2 is 1.73 bits per heavy atom. The maximum atomic E-state index is 4.57. The molecule has 0 aliphatic carbocycles. The number of anilines is 4. The smallest absolute Gasteiger partial charge is 0.136 e. The Morgan fingerprint density at radius 3 is 2.35 bits per heavy atom. The van der Waals surface area contributed by atoms with Gasteiger partial charge in [0, 0.05) is 43.6 Å². The highest BCUT2D eigenvalue weighted by molar-refractivity contribution is 5.63. The van der Waals surface area contributed by atoms with Gasteiger partial charge in [0.15, 0.2) is 0 Å². The highest BCUT2D eigenvalue weighted by Gasteiger charge is 2.16. The van der Waals surface area contributed by atoms with Gasteiger partial charge in [0.25, 0.3) is 0 Å². The quantitative estimate of drug-likeness (QED) is 0.821. The third-order valence-electron chi connectivity index (χ3n) is 5.20. The van der Waals surface area contributed by atoms with Crippen LogP contribution in [0.3, 0.4) is 0 Å². The summed E-state index contributed by atoms with van der Waals surface area (Å²) in [4.78, 5) is 13.8. The highest BCUT2D eigenvalue weighted by atomic mass is 15.2. The van der Waals surface area contributed by atoms with Crippen molar-refractivity contribution in [3.05, 3.63) is 36.2 Å². The molecule has 0 radical (unpaired) electrons. The second kappa shape index (κ2) is 8.39. The lowest BCUT2D eigenvalue weighted by Crippen LogP contribution is -2.32. The van der Waals surface area contributed by atoms with E-state index >= 15 is 0 Å². The molecule has 0 unspecified atom stereocenters. The Balaban J connectivity index is 1.71. The van der Waals surface area contributed by atoms with Crippen molar-refractivity contribution in [2.45, 2.75) is 40.5 Å². The van der Waals surface area contributed by atoms with Crippen LogP contribution in [0.4, 0.5) is 23.0 Å². The first-order chi connectivity index (χ1) is 12.6. The van der Waals surface area contributed by atoms with Gasteiger partial charge in [-0.15, -0.1) is 0 Å². The fourth-order valence-electron chi connectivity index (χ4n) is 3.50. The van der Waals surface area contributed by atoms with E-state index in [1.807, 2.05) is 13.0 Å². The van der Waals surface area contributed by atoms with Crippen molar-refractivity contribution in [1.29, 1.82) is 0 Å². The summed E-state index contributed by atoms with van der Waals surface area (Å²) in [6.07, 6.45) is 2.57. The zero-order chi connectivity index (χ0) is 18.5. The molecule has 140 valence electrons. The van der Waals surface area contributed by atoms with Crippen LogP contribution in [-0.4, -0.2) is 36.1 Å². The Bertz CT molecular complexity index is 701. The van der Waals surface area contributed by atoms with E-state index in [-0.39, 0.29) is 0 Å². The van der Waals surface area contributed by atoms with Crippen LogP contribution in [0, 0.1) is 12.8 Å². The molecule has 2 heterocycles. The van der Waals surface area contributed by atoms with Gasteiger partial charge in [0.05, 0.1) is 0 Å². The summed E-state index contributed by atoms with van der Waals surface area (Å²) in [7, 11) is 0. The Labute approximate surface area is 157 Å². The molecular formula is C21H31N5. The lowest BCUT2D eigenvalue weighted by Gasteiger charge is -2.32. The van der Waals surface area contributed by atoms with E-state index in [4.69, 9.17) is 0 Å². The minimum absolute atomic E-state index is 0.788. The van der Waals surface area contributed by atoms with Gasteiger partial charge in [-0.25, -0.2) is 9.97 Å². The van der Waals surface area contributed by atoms with Crippen molar-refractivity contribution in [2.24, 2.45) is 5.92 Å². The third-order valence-corrected chi connectivity index (χ3v) is 5.20. The van der Waals surface area contributed by atoms with Gasteiger partial charge in [-0.2, -0.15) is 0 Å². The standard InChI is InChI=1S/C21H31N5/c1-5-25(6-2)21-15-20(22-17(4)23-21)24-18-7-9-19(10-8-18)26-13-11-16(3)12-14-26/h7-10,15-16H,5-6,11-14H2,1-4H3,(H,22,23,24). The first-order valence-electron chi connectivity index (χ1n) is 9.81. The van der Waals surface area contributed by atoms with Gasteiger partial charge in [0.2, 0.25) is 0 Å². The van der Waals surface area contributed by atoms with E-state index in [2.05, 4.69) is 70.1 Å². The monoisotopic (exact) mass is 353 g/mol. The maximum absolute atomic E-state index is 4.57. The van der Waals surface area contributed by atoms with Gasteiger partial charge in [-0.3, -0.25) is 0 Å². The molecule has 1 aromatic carbocycles. The summed E-state index contributed by atoms with van der Waals surface area (Å²) in [5, 5.41) is 3.43. The van der Waals surface area contributed by atoms with Crippen LogP contribution >= 0.6 is 0 Å². The molecule has 5 heteroatoms. The zero-order valence-corrected chi connectivity index (χ0v) is 16.5. The van der Waals surface area contributed by atoms with Crippen LogP contribution in [-0.2, 0) is 0 Å². The number of aryl methyl sites for hydroxylation is 1. The molecule has 1 N–H and O–H groups in total.